The number of carbonyl (C=O) groups excluding carboxylic acids is 1. The third kappa shape index (κ3) is 3.97. The van der Waals surface area contributed by atoms with Gasteiger partial charge in [-0.25, -0.2) is 0 Å². The van der Waals surface area contributed by atoms with E-state index in [1.807, 2.05) is 31.2 Å². The zero-order chi connectivity index (χ0) is 15.3. The van der Waals surface area contributed by atoms with Crippen molar-refractivity contribution in [2.75, 3.05) is 11.9 Å². The summed E-state index contributed by atoms with van der Waals surface area (Å²) in [5.74, 6) is -1.24. The number of aliphatic carboxylic acids is 1. The Kier molecular flexibility index (Phi) is 4.83. The van der Waals surface area contributed by atoms with Crippen LogP contribution in [0.4, 0.5) is 5.69 Å². The summed E-state index contributed by atoms with van der Waals surface area (Å²) >= 11 is 0. The highest BCUT2D eigenvalue weighted by molar-refractivity contribution is 5.91. The number of hydrogen-bond acceptors (Lipinski definition) is 3. The summed E-state index contributed by atoms with van der Waals surface area (Å²) in [7, 11) is 0. The summed E-state index contributed by atoms with van der Waals surface area (Å²) in [4.78, 5) is 23.1. The van der Waals surface area contributed by atoms with Crippen molar-refractivity contribution in [1.82, 2.24) is 5.32 Å². The van der Waals surface area contributed by atoms with E-state index in [0.717, 1.165) is 43.4 Å². The maximum atomic E-state index is 12.5. The van der Waals surface area contributed by atoms with Gasteiger partial charge < -0.3 is 15.7 Å². The highest BCUT2D eigenvalue weighted by Gasteiger charge is 2.39. The van der Waals surface area contributed by atoms with Gasteiger partial charge in [0.2, 0.25) is 5.91 Å². The van der Waals surface area contributed by atoms with Crippen molar-refractivity contribution in [3.8, 4) is 0 Å². The maximum absolute atomic E-state index is 12.5. The first-order valence-corrected chi connectivity index (χ1v) is 7.37. The maximum Gasteiger partial charge on any atom is 0.322 e. The Morgan fingerprint density at radius 3 is 2.33 bits per heavy atom. The van der Waals surface area contributed by atoms with Crippen LogP contribution >= 0.6 is 0 Å². The van der Waals surface area contributed by atoms with Crippen LogP contribution in [0, 0.1) is 6.92 Å². The zero-order valence-electron chi connectivity index (χ0n) is 12.3. The number of nitrogens with one attached hydrogen (secondary N) is 2. The fraction of sp³-hybridized carbons (Fsp3) is 0.500. The lowest BCUT2D eigenvalue weighted by Crippen LogP contribution is -2.54. The second kappa shape index (κ2) is 6.61. The molecule has 1 aliphatic carbocycles. The molecule has 1 saturated carbocycles. The third-order valence-corrected chi connectivity index (χ3v) is 3.98. The molecule has 5 nitrogen and oxygen atoms in total. The van der Waals surface area contributed by atoms with Crippen LogP contribution in [0.3, 0.4) is 0 Å². The second-order valence-electron chi connectivity index (χ2n) is 5.71. The Hall–Kier alpha value is -2.04. The number of benzene rings is 1. The largest absolute Gasteiger partial charge is 0.480 e. The highest BCUT2D eigenvalue weighted by Crippen LogP contribution is 2.32. The van der Waals surface area contributed by atoms with Crippen molar-refractivity contribution in [3.63, 3.8) is 0 Å². The van der Waals surface area contributed by atoms with Crippen molar-refractivity contribution in [2.45, 2.75) is 44.6 Å². The molecular weight excluding hydrogens is 268 g/mol. The molecule has 0 unspecified atom stereocenters. The number of carboxylic acids is 1. The number of amides is 1. The average Bonchev–Trinajstić information content (AvgIpc) is 2.48. The first kappa shape index (κ1) is 15.4. The molecule has 0 radical (unpaired) electrons. The van der Waals surface area contributed by atoms with Crippen LogP contribution in [0.1, 0.15) is 37.7 Å². The van der Waals surface area contributed by atoms with Gasteiger partial charge in [-0.2, -0.15) is 0 Å². The number of hydrogen-bond donors (Lipinski definition) is 3. The molecule has 3 N–H and O–H groups in total. The smallest absolute Gasteiger partial charge is 0.322 e. The molecule has 0 aliphatic heterocycles. The predicted octanol–water partition coefficient (Wildman–Crippen LogP) is 2.31. The van der Waals surface area contributed by atoms with Gasteiger partial charge in [0.1, 0.15) is 12.1 Å². The van der Waals surface area contributed by atoms with E-state index in [0.29, 0.717) is 0 Å². The zero-order valence-corrected chi connectivity index (χ0v) is 12.3. The van der Waals surface area contributed by atoms with Gasteiger partial charge in [-0.1, -0.05) is 37.0 Å². The summed E-state index contributed by atoms with van der Waals surface area (Å²) in [5.41, 5.74) is 1.37. The summed E-state index contributed by atoms with van der Waals surface area (Å²) in [5, 5.41) is 14.6. The average molecular weight is 290 g/mol. The van der Waals surface area contributed by atoms with E-state index in [2.05, 4.69) is 10.6 Å². The van der Waals surface area contributed by atoms with Crippen LogP contribution in [-0.2, 0) is 9.59 Å². The predicted molar refractivity (Wildman–Crippen MR) is 81.3 cm³/mol. The minimum Gasteiger partial charge on any atom is -0.480 e. The molecule has 1 amide bonds. The number of aryl methyl sites for hydroxylation is 1. The summed E-state index contributed by atoms with van der Waals surface area (Å²) in [6, 6.07) is 7.90. The van der Waals surface area contributed by atoms with Gasteiger partial charge in [-0.05, 0) is 31.9 Å². The van der Waals surface area contributed by atoms with Gasteiger partial charge in [-0.15, -0.1) is 0 Å². The summed E-state index contributed by atoms with van der Waals surface area (Å²) in [6.45, 7) is 1.68. The van der Waals surface area contributed by atoms with Crippen LogP contribution in [0.25, 0.3) is 0 Å². The van der Waals surface area contributed by atoms with E-state index in [4.69, 9.17) is 5.11 Å². The lowest BCUT2D eigenvalue weighted by atomic mass is 9.80. The molecular formula is C16H22N2O3. The molecule has 5 heteroatoms. The van der Waals surface area contributed by atoms with E-state index in [-0.39, 0.29) is 12.5 Å². The first-order valence-electron chi connectivity index (χ1n) is 7.37. The third-order valence-electron chi connectivity index (χ3n) is 3.98. The summed E-state index contributed by atoms with van der Waals surface area (Å²) in [6.07, 6.45) is 4.51. The fourth-order valence-corrected chi connectivity index (χ4v) is 2.80. The molecule has 1 aliphatic rings. The van der Waals surface area contributed by atoms with E-state index >= 15 is 0 Å². The van der Waals surface area contributed by atoms with Gasteiger partial charge in [0, 0.05) is 5.69 Å². The van der Waals surface area contributed by atoms with Crippen molar-refractivity contribution >= 4 is 17.6 Å². The Morgan fingerprint density at radius 1 is 1.14 bits per heavy atom. The Morgan fingerprint density at radius 2 is 1.76 bits per heavy atom. The number of rotatable bonds is 5. The topological polar surface area (TPSA) is 78.4 Å². The molecule has 0 saturated heterocycles. The number of anilines is 1. The van der Waals surface area contributed by atoms with Gasteiger partial charge in [0.25, 0.3) is 0 Å². The molecule has 1 fully saturated rings. The molecule has 0 heterocycles. The molecule has 1 aromatic rings. The van der Waals surface area contributed by atoms with Crippen LogP contribution in [-0.4, -0.2) is 29.1 Å². The lowest BCUT2D eigenvalue weighted by molar-refractivity contribution is -0.138. The molecule has 1 aromatic carbocycles. The van der Waals surface area contributed by atoms with Crippen LogP contribution < -0.4 is 10.6 Å². The fourth-order valence-electron chi connectivity index (χ4n) is 2.80. The van der Waals surface area contributed by atoms with Crippen molar-refractivity contribution in [1.29, 1.82) is 0 Å². The molecule has 2 rings (SSSR count). The first-order chi connectivity index (χ1) is 10.0. The van der Waals surface area contributed by atoms with Crippen molar-refractivity contribution in [2.24, 2.45) is 0 Å². The quantitative estimate of drug-likeness (QED) is 0.777. The number of carboxylic acid groups (broad SMARTS) is 1. The minimum atomic E-state index is -1.02. The van der Waals surface area contributed by atoms with E-state index in [1.54, 1.807) is 0 Å². The standard InChI is InChI=1S/C16H22N2O3/c1-12-5-7-13(8-6-12)18-16(9-3-2-4-10-16)15(21)17-11-14(19)20/h5-8,18H,2-4,9-11H2,1H3,(H,17,21)(H,19,20). The van der Waals surface area contributed by atoms with Crippen LogP contribution in [0.15, 0.2) is 24.3 Å². The lowest BCUT2D eigenvalue weighted by Gasteiger charge is -2.37. The van der Waals surface area contributed by atoms with Gasteiger partial charge in [-0.3, -0.25) is 9.59 Å². The summed E-state index contributed by atoms with van der Waals surface area (Å²) < 4.78 is 0. The van der Waals surface area contributed by atoms with Crippen molar-refractivity contribution in [3.05, 3.63) is 29.8 Å². The molecule has 114 valence electrons. The van der Waals surface area contributed by atoms with Gasteiger partial charge in [0.05, 0.1) is 0 Å². The molecule has 0 atom stereocenters. The highest BCUT2D eigenvalue weighted by atomic mass is 16.4. The minimum absolute atomic E-state index is 0.217. The van der Waals surface area contributed by atoms with Crippen molar-refractivity contribution < 1.29 is 14.7 Å². The Balaban J connectivity index is 2.14. The van der Waals surface area contributed by atoms with Gasteiger partial charge in [0.15, 0.2) is 0 Å². The van der Waals surface area contributed by atoms with Gasteiger partial charge >= 0.3 is 5.97 Å². The SMILES string of the molecule is Cc1ccc(NC2(C(=O)NCC(=O)O)CCCCC2)cc1. The Bertz CT molecular complexity index is 505. The molecule has 21 heavy (non-hydrogen) atoms. The monoisotopic (exact) mass is 290 g/mol. The van der Waals surface area contributed by atoms with Crippen LogP contribution in [0.5, 0.6) is 0 Å². The second-order valence-corrected chi connectivity index (χ2v) is 5.71. The molecule has 0 bridgehead atoms. The molecule has 0 spiro atoms. The number of carbonyl (C=O) groups is 2. The normalized spacial score (nSPS) is 17.0. The van der Waals surface area contributed by atoms with E-state index in [9.17, 15) is 9.59 Å². The van der Waals surface area contributed by atoms with E-state index < -0.39 is 11.5 Å². The molecule has 0 aromatic heterocycles. The van der Waals surface area contributed by atoms with Crippen LogP contribution in [0.2, 0.25) is 0 Å². The van der Waals surface area contributed by atoms with E-state index in [1.165, 1.54) is 0 Å². The Labute approximate surface area is 124 Å².